The molecule has 0 aliphatic carbocycles. The summed E-state index contributed by atoms with van der Waals surface area (Å²) in [5.74, 6) is 0.957. The maximum absolute atomic E-state index is 13.6. The largest absolute Gasteiger partial charge is 0.459 e. The molecule has 0 saturated carbocycles. The van der Waals surface area contributed by atoms with Crippen LogP contribution >= 0.6 is 35.4 Å². The van der Waals surface area contributed by atoms with Crippen LogP contribution in [0, 0.1) is 5.82 Å². The lowest BCUT2D eigenvalue weighted by Crippen LogP contribution is -2.29. The molecule has 4 nitrogen and oxygen atoms in total. The molecular formula is C24H16Cl2FN3OS. The predicted octanol–water partition coefficient (Wildman–Crippen LogP) is 6.96. The fraction of sp³-hybridized carbons (Fsp3) is 0.0833. The second-order valence-electron chi connectivity index (χ2n) is 7.30. The monoisotopic (exact) mass is 483 g/mol. The molecule has 1 fully saturated rings. The average molecular weight is 484 g/mol. The van der Waals surface area contributed by atoms with E-state index in [2.05, 4.69) is 10.3 Å². The van der Waals surface area contributed by atoms with Crippen molar-refractivity contribution in [2.45, 2.75) is 12.1 Å². The number of hydrogen-bond acceptors (Lipinski definition) is 3. The van der Waals surface area contributed by atoms with Crippen LogP contribution in [0.4, 0.5) is 10.1 Å². The van der Waals surface area contributed by atoms with Crippen LogP contribution in [0.2, 0.25) is 10.0 Å². The van der Waals surface area contributed by atoms with Crippen LogP contribution in [0.5, 0.6) is 0 Å². The van der Waals surface area contributed by atoms with Crippen molar-refractivity contribution in [3.63, 3.8) is 0 Å². The van der Waals surface area contributed by atoms with Gasteiger partial charge in [0.2, 0.25) is 0 Å². The van der Waals surface area contributed by atoms with Gasteiger partial charge in [0, 0.05) is 22.5 Å². The Balaban J connectivity index is 1.60. The molecule has 1 N–H and O–H groups in total. The fourth-order valence-electron chi connectivity index (χ4n) is 3.87. The Morgan fingerprint density at radius 3 is 2.53 bits per heavy atom. The Labute approximate surface area is 199 Å². The van der Waals surface area contributed by atoms with E-state index in [1.807, 2.05) is 41.3 Å². The summed E-state index contributed by atoms with van der Waals surface area (Å²) in [6, 6.07) is 20.3. The summed E-state index contributed by atoms with van der Waals surface area (Å²) in [4.78, 5) is 6.43. The second-order valence-corrected chi connectivity index (χ2v) is 8.53. The Morgan fingerprint density at radius 1 is 1.00 bits per heavy atom. The van der Waals surface area contributed by atoms with E-state index in [4.69, 9.17) is 39.8 Å². The lowest BCUT2D eigenvalue weighted by Gasteiger charge is -2.26. The standard InChI is InChI=1S/C24H16Cl2FN3OS/c25-14-4-9-17(18(26)13-14)20-10-11-21(31-20)23-22(19-3-1-2-12-28-19)29-24(32)30(23)16-7-5-15(27)6-8-16/h1-13,22-23H,(H,29,32)/t22-,23-/m1/s1. The van der Waals surface area contributed by atoms with Gasteiger partial charge in [0.1, 0.15) is 23.4 Å². The Morgan fingerprint density at radius 2 is 1.81 bits per heavy atom. The number of aromatic nitrogens is 1. The first kappa shape index (κ1) is 20.9. The third-order valence-corrected chi connectivity index (χ3v) is 6.18. The molecule has 32 heavy (non-hydrogen) atoms. The van der Waals surface area contributed by atoms with Crippen LogP contribution in [0.3, 0.4) is 0 Å². The van der Waals surface area contributed by atoms with Crippen molar-refractivity contribution in [3.05, 3.63) is 106 Å². The van der Waals surface area contributed by atoms with Crippen molar-refractivity contribution in [2.75, 3.05) is 4.90 Å². The van der Waals surface area contributed by atoms with E-state index in [0.29, 0.717) is 26.7 Å². The van der Waals surface area contributed by atoms with Crippen LogP contribution in [-0.4, -0.2) is 10.1 Å². The van der Waals surface area contributed by atoms with Crippen LogP contribution in [0.15, 0.2) is 83.4 Å². The highest BCUT2D eigenvalue weighted by atomic mass is 35.5. The summed E-state index contributed by atoms with van der Waals surface area (Å²) in [6.45, 7) is 0. The van der Waals surface area contributed by atoms with E-state index in [1.54, 1.807) is 30.5 Å². The number of thiocarbonyl (C=S) groups is 1. The Hall–Kier alpha value is -2.93. The molecule has 1 aliphatic heterocycles. The summed E-state index contributed by atoms with van der Waals surface area (Å²) in [7, 11) is 0. The number of furan rings is 1. The summed E-state index contributed by atoms with van der Waals surface area (Å²) in [6.07, 6.45) is 1.73. The average Bonchev–Trinajstić information content (AvgIpc) is 3.39. The molecule has 1 saturated heterocycles. The minimum absolute atomic E-state index is 0.270. The van der Waals surface area contributed by atoms with Crippen LogP contribution < -0.4 is 10.2 Å². The highest BCUT2D eigenvalue weighted by Gasteiger charge is 2.42. The summed E-state index contributed by atoms with van der Waals surface area (Å²) >= 11 is 18.1. The van der Waals surface area contributed by atoms with E-state index in [9.17, 15) is 4.39 Å². The number of nitrogens with one attached hydrogen (secondary N) is 1. The molecule has 0 amide bonds. The smallest absolute Gasteiger partial charge is 0.174 e. The molecule has 1 aliphatic rings. The van der Waals surface area contributed by atoms with Crippen molar-refractivity contribution in [1.29, 1.82) is 0 Å². The Bertz CT molecular complexity index is 1280. The van der Waals surface area contributed by atoms with Gasteiger partial charge >= 0.3 is 0 Å². The maximum atomic E-state index is 13.6. The van der Waals surface area contributed by atoms with Gasteiger partial charge in [-0.15, -0.1) is 0 Å². The van der Waals surface area contributed by atoms with E-state index in [1.165, 1.54) is 12.1 Å². The van der Waals surface area contributed by atoms with Gasteiger partial charge in [-0.25, -0.2) is 4.39 Å². The zero-order chi connectivity index (χ0) is 22.2. The first-order chi connectivity index (χ1) is 15.5. The van der Waals surface area contributed by atoms with Gasteiger partial charge in [-0.3, -0.25) is 4.98 Å². The van der Waals surface area contributed by atoms with Crippen molar-refractivity contribution in [1.82, 2.24) is 10.3 Å². The van der Waals surface area contributed by atoms with E-state index >= 15 is 0 Å². The number of halogens is 3. The van der Waals surface area contributed by atoms with Gasteiger partial charge in [-0.2, -0.15) is 0 Å². The Kier molecular flexibility index (Phi) is 5.59. The van der Waals surface area contributed by atoms with Gasteiger partial charge in [0.25, 0.3) is 0 Å². The highest BCUT2D eigenvalue weighted by molar-refractivity contribution is 7.80. The molecule has 0 bridgehead atoms. The lowest BCUT2D eigenvalue weighted by molar-refractivity contribution is 0.439. The highest BCUT2D eigenvalue weighted by Crippen LogP contribution is 2.43. The minimum atomic E-state index is -0.345. The SMILES string of the molecule is Fc1ccc(N2C(=S)N[C@H](c3ccccn3)[C@H]2c2ccc(-c3ccc(Cl)cc3Cl)o2)cc1. The molecular weight excluding hydrogens is 468 g/mol. The quantitative estimate of drug-likeness (QED) is 0.317. The molecule has 2 aromatic carbocycles. The molecule has 160 valence electrons. The van der Waals surface area contributed by atoms with Crippen LogP contribution in [-0.2, 0) is 0 Å². The molecule has 2 atom stereocenters. The van der Waals surface area contributed by atoms with Crippen molar-refractivity contribution >= 4 is 46.2 Å². The zero-order valence-corrected chi connectivity index (χ0v) is 18.8. The molecule has 4 aromatic rings. The van der Waals surface area contributed by atoms with Gasteiger partial charge < -0.3 is 14.6 Å². The summed E-state index contributed by atoms with van der Waals surface area (Å²) < 4.78 is 19.9. The van der Waals surface area contributed by atoms with Crippen molar-refractivity contribution in [2.24, 2.45) is 0 Å². The van der Waals surface area contributed by atoms with E-state index < -0.39 is 0 Å². The van der Waals surface area contributed by atoms with Gasteiger partial charge in [-0.05, 0) is 78.9 Å². The number of rotatable bonds is 4. The van der Waals surface area contributed by atoms with Gasteiger partial charge in [0.15, 0.2) is 5.11 Å². The lowest BCUT2D eigenvalue weighted by atomic mass is 10.0. The topological polar surface area (TPSA) is 41.3 Å². The number of nitrogens with zero attached hydrogens (tertiary/aromatic N) is 2. The molecule has 2 aromatic heterocycles. The third kappa shape index (κ3) is 3.86. The summed E-state index contributed by atoms with van der Waals surface area (Å²) in [5.41, 5.74) is 2.29. The van der Waals surface area contributed by atoms with E-state index in [0.717, 1.165) is 16.9 Å². The summed E-state index contributed by atoms with van der Waals surface area (Å²) in [5, 5.41) is 4.89. The predicted molar refractivity (Wildman–Crippen MR) is 128 cm³/mol. The number of pyridine rings is 1. The second kappa shape index (κ2) is 8.54. The number of anilines is 1. The number of benzene rings is 2. The fourth-order valence-corrected chi connectivity index (χ4v) is 4.72. The van der Waals surface area contributed by atoms with Crippen LogP contribution in [0.1, 0.15) is 23.5 Å². The van der Waals surface area contributed by atoms with Crippen molar-refractivity contribution in [3.8, 4) is 11.3 Å². The van der Waals surface area contributed by atoms with Gasteiger partial charge in [-0.1, -0.05) is 29.3 Å². The van der Waals surface area contributed by atoms with Crippen molar-refractivity contribution < 1.29 is 8.81 Å². The van der Waals surface area contributed by atoms with Gasteiger partial charge in [0.05, 0.1) is 16.8 Å². The molecule has 5 rings (SSSR count). The maximum Gasteiger partial charge on any atom is 0.174 e. The molecule has 0 spiro atoms. The zero-order valence-electron chi connectivity index (χ0n) is 16.5. The minimum Gasteiger partial charge on any atom is -0.459 e. The molecule has 0 radical (unpaired) electrons. The first-order valence-electron chi connectivity index (χ1n) is 9.82. The number of hydrogen-bond donors (Lipinski definition) is 1. The third-order valence-electron chi connectivity index (χ3n) is 5.32. The molecule has 3 heterocycles. The normalized spacial score (nSPS) is 18.1. The molecule has 8 heteroatoms. The molecule has 0 unspecified atom stereocenters. The first-order valence-corrected chi connectivity index (χ1v) is 11.0. The van der Waals surface area contributed by atoms with Crippen LogP contribution in [0.25, 0.3) is 11.3 Å². The van der Waals surface area contributed by atoms with E-state index in [-0.39, 0.29) is 17.9 Å².